The Kier molecular flexibility index (Phi) is 4.66. The van der Waals surface area contributed by atoms with Gasteiger partial charge in [0.1, 0.15) is 4.88 Å². The Morgan fingerprint density at radius 2 is 2.47 bits per heavy atom. The summed E-state index contributed by atoms with van der Waals surface area (Å²) in [6.45, 7) is 4.53. The van der Waals surface area contributed by atoms with Gasteiger partial charge in [0.05, 0.1) is 16.8 Å². The summed E-state index contributed by atoms with van der Waals surface area (Å²) >= 11 is 1.46. The SMILES string of the molecule is CCCNC(=O)c1sc(N2CCC(OC)C2)cc1N. The van der Waals surface area contributed by atoms with Gasteiger partial charge < -0.3 is 20.7 Å². The van der Waals surface area contributed by atoms with Crippen molar-refractivity contribution in [3.63, 3.8) is 0 Å². The molecule has 0 bridgehead atoms. The fraction of sp³-hybridized carbons (Fsp3) is 0.615. The number of hydrogen-bond acceptors (Lipinski definition) is 5. The maximum atomic E-state index is 11.9. The molecule has 1 aliphatic heterocycles. The number of carbonyl (C=O) groups is 1. The highest BCUT2D eigenvalue weighted by atomic mass is 32.1. The Morgan fingerprint density at radius 1 is 1.68 bits per heavy atom. The zero-order chi connectivity index (χ0) is 13.8. The molecule has 19 heavy (non-hydrogen) atoms. The van der Waals surface area contributed by atoms with Crippen LogP contribution in [0.4, 0.5) is 10.7 Å². The lowest BCUT2D eigenvalue weighted by Crippen LogP contribution is -2.23. The molecule has 0 aromatic carbocycles. The summed E-state index contributed by atoms with van der Waals surface area (Å²) in [7, 11) is 1.74. The Labute approximate surface area is 117 Å². The van der Waals surface area contributed by atoms with Crippen molar-refractivity contribution in [2.45, 2.75) is 25.9 Å². The maximum absolute atomic E-state index is 11.9. The smallest absolute Gasteiger partial charge is 0.263 e. The molecule has 3 N–H and O–H groups in total. The predicted octanol–water partition coefficient (Wildman–Crippen LogP) is 1.70. The lowest BCUT2D eigenvalue weighted by atomic mass is 10.3. The number of anilines is 2. The summed E-state index contributed by atoms with van der Waals surface area (Å²) in [5, 5.41) is 3.92. The third kappa shape index (κ3) is 3.19. The second-order valence-electron chi connectivity index (χ2n) is 4.72. The van der Waals surface area contributed by atoms with E-state index < -0.39 is 0 Å². The van der Waals surface area contributed by atoms with Crippen LogP contribution >= 0.6 is 11.3 Å². The highest BCUT2D eigenvalue weighted by molar-refractivity contribution is 7.18. The number of nitrogen functional groups attached to an aromatic ring is 1. The molecule has 1 amide bonds. The summed E-state index contributed by atoms with van der Waals surface area (Å²) in [6, 6.07) is 1.89. The predicted molar refractivity (Wildman–Crippen MR) is 79.0 cm³/mol. The number of carbonyl (C=O) groups excluding carboxylic acids is 1. The molecule has 1 fully saturated rings. The van der Waals surface area contributed by atoms with Gasteiger partial charge in [-0.05, 0) is 18.9 Å². The Balaban J connectivity index is 2.06. The van der Waals surface area contributed by atoms with Gasteiger partial charge in [0, 0.05) is 26.7 Å². The fourth-order valence-electron chi connectivity index (χ4n) is 2.16. The number of thiophene rings is 1. The highest BCUT2D eigenvalue weighted by Crippen LogP contribution is 2.34. The van der Waals surface area contributed by atoms with Crippen molar-refractivity contribution in [1.29, 1.82) is 0 Å². The van der Waals surface area contributed by atoms with E-state index in [0.29, 0.717) is 17.1 Å². The number of amides is 1. The molecule has 5 nitrogen and oxygen atoms in total. The van der Waals surface area contributed by atoms with Crippen molar-refractivity contribution in [2.75, 3.05) is 37.4 Å². The molecule has 0 radical (unpaired) electrons. The molecule has 0 spiro atoms. The van der Waals surface area contributed by atoms with Crippen LogP contribution in [0.2, 0.25) is 0 Å². The first-order chi connectivity index (χ1) is 9.15. The van der Waals surface area contributed by atoms with Crippen molar-refractivity contribution in [3.8, 4) is 0 Å². The van der Waals surface area contributed by atoms with Crippen molar-refractivity contribution >= 4 is 27.9 Å². The van der Waals surface area contributed by atoms with E-state index in [4.69, 9.17) is 10.5 Å². The van der Waals surface area contributed by atoms with Crippen LogP contribution in [0.1, 0.15) is 29.4 Å². The Bertz CT molecular complexity index is 447. The Hall–Kier alpha value is -1.27. The van der Waals surface area contributed by atoms with Crippen molar-refractivity contribution in [1.82, 2.24) is 5.32 Å². The standard InChI is InChI=1S/C13H21N3O2S/c1-3-5-15-13(17)12-10(14)7-11(19-12)16-6-4-9(8-16)18-2/h7,9H,3-6,8,14H2,1-2H3,(H,15,17). The third-order valence-electron chi connectivity index (χ3n) is 3.28. The molecule has 2 heterocycles. The van der Waals surface area contributed by atoms with Gasteiger partial charge in [-0.1, -0.05) is 6.92 Å². The average molecular weight is 283 g/mol. The first kappa shape index (κ1) is 14.1. The van der Waals surface area contributed by atoms with Gasteiger partial charge in [0.25, 0.3) is 5.91 Å². The van der Waals surface area contributed by atoms with E-state index in [1.54, 1.807) is 7.11 Å². The zero-order valence-corrected chi connectivity index (χ0v) is 12.3. The topological polar surface area (TPSA) is 67.6 Å². The second-order valence-corrected chi connectivity index (χ2v) is 5.75. The van der Waals surface area contributed by atoms with Gasteiger partial charge >= 0.3 is 0 Å². The molecule has 1 unspecified atom stereocenters. The number of ether oxygens (including phenoxy) is 1. The molecule has 0 saturated carbocycles. The van der Waals surface area contributed by atoms with Crippen LogP contribution in [-0.4, -0.2) is 38.8 Å². The molecular weight excluding hydrogens is 262 g/mol. The largest absolute Gasteiger partial charge is 0.397 e. The molecule has 6 heteroatoms. The number of nitrogens with one attached hydrogen (secondary N) is 1. The van der Waals surface area contributed by atoms with Gasteiger partial charge in [0.15, 0.2) is 0 Å². The van der Waals surface area contributed by atoms with E-state index in [2.05, 4.69) is 10.2 Å². The van der Waals surface area contributed by atoms with Crippen LogP contribution in [0.15, 0.2) is 6.07 Å². The monoisotopic (exact) mass is 283 g/mol. The number of nitrogens with zero attached hydrogens (tertiary/aromatic N) is 1. The van der Waals surface area contributed by atoms with Crippen molar-refractivity contribution < 1.29 is 9.53 Å². The summed E-state index contributed by atoms with van der Waals surface area (Å²) in [5.41, 5.74) is 6.50. The van der Waals surface area contributed by atoms with Gasteiger partial charge in [-0.25, -0.2) is 0 Å². The third-order valence-corrected chi connectivity index (χ3v) is 4.49. The first-order valence-electron chi connectivity index (χ1n) is 6.61. The average Bonchev–Trinajstić information content (AvgIpc) is 3.02. The molecule has 1 aromatic heterocycles. The minimum absolute atomic E-state index is 0.0712. The van der Waals surface area contributed by atoms with E-state index in [1.165, 1.54) is 11.3 Å². The van der Waals surface area contributed by atoms with Gasteiger partial charge in [0.2, 0.25) is 0 Å². The molecule has 2 rings (SSSR count). The maximum Gasteiger partial charge on any atom is 0.263 e. The van der Waals surface area contributed by atoms with E-state index in [0.717, 1.165) is 30.9 Å². The van der Waals surface area contributed by atoms with Crippen molar-refractivity contribution in [3.05, 3.63) is 10.9 Å². The molecule has 1 aliphatic rings. The first-order valence-corrected chi connectivity index (χ1v) is 7.42. The molecule has 1 aromatic rings. The number of methoxy groups -OCH3 is 1. The van der Waals surface area contributed by atoms with Gasteiger partial charge in [-0.2, -0.15) is 0 Å². The quantitative estimate of drug-likeness (QED) is 0.863. The van der Waals surface area contributed by atoms with Crippen LogP contribution in [-0.2, 0) is 4.74 Å². The van der Waals surface area contributed by atoms with E-state index in [9.17, 15) is 4.79 Å². The van der Waals surface area contributed by atoms with Crippen LogP contribution in [0.5, 0.6) is 0 Å². The highest BCUT2D eigenvalue weighted by Gasteiger charge is 2.25. The van der Waals surface area contributed by atoms with E-state index in [1.807, 2.05) is 13.0 Å². The normalized spacial score (nSPS) is 18.8. The van der Waals surface area contributed by atoms with E-state index >= 15 is 0 Å². The van der Waals surface area contributed by atoms with Crippen molar-refractivity contribution in [2.24, 2.45) is 0 Å². The zero-order valence-electron chi connectivity index (χ0n) is 11.4. The lowest BCUT2D eigenvalue weighted by Gasteiger charge is -2.15. The summed E-state index contributed by atoms with van der Waals surface area (Å²) < 4.78 is 5.35. The summed E-state index contributed by atoms with van der Waals surface area (Å²) in [5.74, 6) is -0.0712. The summed E-state index contributed by atoms with van der Waals surface area (Å²) in [4.78, 5) is 14.8. The van der Waals surface area contributed by atoms with Crippen LogP contribution in [0.3, 0.4) is 0 Å². The number of rotatable bonds is 5. The number of nitrogens with two attached hydrogens (primary N) is 1. The molecule has 1 atom stereocenters. The number of hydrogen-bond donors (Lipinski definition) is 2. The molecule has 106 valence electrons. The van der Waals surface area contributed by atoms with Gasteiger partial charge in [-0.15, -0.1) is 11.3 Å². The fourth-order valence-corrected chi connectivity index (χ4v) is 3.20. The van der Waals surface area contributed by atoms with E-state index in [-0.39, 0.29) is 12.0 Å². The minimum Gasteiger partial charge on any atom is -0.397 e. The van der Waals surface area contributed by atoms with Crippen LogP contribution in [0, 0.1) is 0 Å². The van der Waals surface area contributed by atoms with Gasteiger partial charge in [-0.3, -0.25) is 4.79 Å². The summed E-state index contributed by atoms with van der Waals surface area (Å²) in [6.07, 6.45) is 2.22. The van der Waals surface area contributed by atoms with Crippen LogP contribution < -0.4 is 16.0 Å². The van der Waals surface area contributed by atoms with Crippen LogP contribution in [0.25, 0.3) is 0 Å². The second kappa shape index (κ2) is 6.25. The minimum atomic E-state index is -0.0712. The molecule has 1 saturated heterocycles. The molecular formula is C13H21N3O2S. The Morgan fingerprint density at radius 3 is 3.11 bits per heavy atom. The molecule has 0 aliphatic carbocycles. The lowest BCUT2D eigenvalue weighted by molar-refractivity contribution is 0.0958.